The van der Waals surface area contributed by atoms with E-state index in [1.165, 1.54) is 28.5 Å². The third-order valence-corrected chi connectivity index (χ3v) is 4.92. The quantitative estimate of drug-likeness (QED) is 0.787. The van der Waals surface area contributed by atoms with E-state index in [1.54, 1.807) is 6.07 Å². The predicted molar refractivity (Wildman–Crippen MR) is 83.6 cm³/mol. The molecule has 0 fully saturated rings. The van der Waals surface area contributed by atoms with Crippen LogP contribution in [0.1, 0.15) is 21.5 Å². The van der Waals surface area contributed by atoms with Crippen LogP contribution in [0, 0.1) is 0 Å². The number of nitrogens with zero attached hydrogens (tertiary/aromatic N) is 1. The molecule has 2 aromatic heterocycles. The van der Waals surface area contributed by atoms with Crippen LogP contribution in [0.25, 0.3) is 10.3 Å². The average Bonchev–Trinajstić information content (AvgIpc) is 3.08. The van der Waals surface area contributed by atoms with Gasteiger partial charge in [-0.2, -0.15) is 0 Å². The highest BCUT2D eigenvalue weighted by Crippen LogP contribution is 2.36. The van der Waals surface area contributed by atoms with Crippen molar-refractivity contribution in [1.82, 2.24) is 0 Å². The van der Waals surface area contributed by atoms with Crippen LogP contribution in [0.15, 0.2) is 45.6 Å². The summed E-state index contributed by atoms with van der Waals surface area (Å²) in [7, 11) is 0. The Bertz CT molecular complexity index is 931. The van der Waals surface area contributed by atoms with Gasteiger partial charge in [-0.05, 0) is 17.2 Å². The van der Waals surface area contributed by atoms with Gasteiger partial charge >= 0.3 is 11.6 Å². The number of aromatic carboxylic acids is 1. The Hall–Kier alpha value is -2.60. The second-order valence-electron chi connectivity index (χ2n) is 5.19. The Kier molecular flexibility index (Phi) is 2.80. The van der Waals surface area contributed by atoms with Gasteiger partial charge in [0.05, 0.1) is 9.70 Å². The van der Waals surface area contributed by atoms with Crippen molar-refractivity contribution in [2.45, 2.75) is 13.1 Å². The molecule has 3 heterocycles. The maximum Gasteiger partial charge on any atom is 0.351 e. The molecule has 4 rings (SSSR count). The molecule has 0 unspecified atom stereocenters. The molecule has 1 aliphatic rings. The van der Waals surface area contributed by atoms with Gasteiger partial charge in [0, 0.05) is 19.2 Å². The first-order chi connectivity index (χ1) is 10.6. The molecule has 1 aliphatic heterocycles. The molecule has 5 nitrogen and oxygen atoms in total. The van der Waals surface area contributed by atoms with Crippen LogP contribution >= 0.6 is 11.3 Å². The zero-order valence-electron chi connectivity index (χ0n) is 11.4. The molecule has 0 spiro atoms. The molecule has 1 N–H and O–H groups in total. The van der Waals surface area contributed by atoms with Crippen molar-refractivity contribution in [3.63, 3.8) is 0 Å². The zero-order valence-corrected chi connectivity index (χ0v) is 12.2. The van der Waals surface area contributed by atoms with Crippen LogP contribution in [0.3, 0.4) is 0 Å². The van der Waals surface area contributed by atoms with E-state index in [0.29, 0.717) is 10.3 Å². The molecule has 0 bridgehead atoms. The van der Waals surface area contributed by atoms with E-state index in [1.807, 2.05) is 12.1 Å². The number of carboxylic acid groups (broad SMARTS) is 1. The van der Waals surface area contributed by atoms with Gasteiger partial charge in [0.1, 0.15) is 5.56 Å². The second-order valence-corrected chi connectivity index (χ2v) is 6.25. The minimum Gasteiger partial charge on any atom is -0.477 e. The number of thiophene rings is 1. The van der Waals surface area contributed by atoms with E-state index >= 15 is 0 Å². The monoisotopic (exact) mass is 313 g/mol. The summed E-state index contributed by atoms with van der Waals surface area (Å²) >= 11 is 1.44. The van der Waals surface area contributed by atoms with E-state index in [0.717, 1.165) is 18.1 Å². The molecule has 22 heavy (non-hydrogen) atoms. The lowest BCUT2D eigenvalue weighted by Gasteiger charge is -2.13. The zero-order chi connectivity index (χ0) is 15.3. The van der Waals surface area contributed by atoms with Gasteiger partial charge in [0.15, 0.2) is 5.58 Å². The molecular formula is C16H11NO4S. The number of fused-ring (bicyclic) bond motifs is 2. The van der Waals surface area contributed by atoms with Crippen LogP contribution < -0.4 is 10.5 Å². The number of carbonyl (C=O) groups is 1. The number of carboxylic acids is 1. The fraction of sp³-hybridized carbons (Fsp3) is 0.125. The summed E-state index contributed by atoms with van der Waals surface area (Å²) in [6.07, 6.45) is 0. The molecule has 0 atom stereocenters. The van der Waals surface area contributed by atoms with E-state index in [9.17, 15) is 9.59 Å². The van der Waals surface area contributed by atoms with Gasteiger partial charge in [-0.3, -0.25) is 0 Å². The molecule has 110 valence electrons. The Balaban J connectivity index is 1.75. The number of hydrogen-bond acceptors (Lipinski definition) is 5. The van der Waals surface area contributed by atoms with E-state index in [-0.39, 0.29) is 5.56 Å². The normalized spacial score (nSPS) is 13.5. The highest BCUT2D eigenvalue weighted by Gasteiger charge is 2.21. The molecule has 6 heteroatoms. The maximum absolute atomic E-state index is 11.6. The third kappa shape index (κ3) is 2.00. The fourth-order valence-corrected chi connectivity index (χ4v) is 3.72. The first kappa shape index (κ1) is 13.1. The summed E-state index contributed by atoms with van der Waals surface area (Å²) in [5.41, 5.74) is 1.87. The van der Waals surface area contributed by atoms with Crippen LogP contribution in [0.2, 0.25) is 0 Å². The Morgan fingerprint density at radius 3 is 2.50 bits per heavy atom. The summed E-state index contributed by atoms with van der Waals surface area (Å²) < 4.78 is 5.79. The molecule has 1 aromatic carbocycles. The van der Waals surface area contributed by atoms with Gasteiger partial charge in [0.25, 0.3) is 0 Å². The van der Waals surface area contributed by atoms with Crippen molar-refractivity contribution in [3.05, 3.63) is 63.5 Å². The van der Waals surface area contributed by atoms with Crippen molar-refractivity contribution >= 4 is 32.6 Å². The van der Waals surface area contributed by atoms with Crippen molar-refractivity contribution in [2.24, 2.45) is 0 Å². The van der Waals surface area contributed by atoms with E-state index < -0.39 is 11.6 Å². The molecule has 0 saturated heterocycles. The summed E-state index contributed by atoms with van der Waals surface area (Å²) in [4.78, 5) is 24.8. The Labute approximate surface area is 129 Å². The van der Waals surface area contributed by atoms with Crippen molar-refractivity contribution < 1.29 is 14.3 Å². The minimum absolute atomic E-state index is 0.328. The van der Waals surface area contributed by atoms with E-state index in [2.05, 4.69) is 17.0 Å². The first-order valence-corrected chi connectivity index (χ1v) is 7.56. The highest BCUT2D eigenvalue weighted by atomic mass is 32.1. The summed E-state index contributed by atoms with van der Waals surface area (Å²) in [5, 5.41) is 9.97. The SMILES string of the molecule is O=C(O)c1cc2sc(N3Cc4ccccc4C3)cc2oc1=O. The lowest BCUT2D eigenvalue weighted by molar-refractivity contribution is 0.0692. The Morgan fingerprint density at radius 2 is 1.86 bits per heavy atom. The van der Waals surface area contributed by atoms with Crippen LogP contribution in [-0.4, -0.2) is 11.1 Å². The van der Waals surface area contributed by atoms with Gasteiger partial charge in [-0.1, -0.05) is 24.3 Å². The molecule has 0 amide bonds. The molecule has 0 saturated carbocycles. The van der Waals surface area contributed by atoms with Gasteiger partial charge in [0.2, 0.25) is 0 Å². The molecule has 3 aromatic rings. The number of benzene rings is 1. The molecule has 0 radical (unpaired) electrons. The van der Waals surface area contributed by atoms with Gasteiger partial charge < -0.3 is 14.4 Å². The van der Waals surface area contributed by atoms with Crippen LogP contribution in [-0.2, 0) is 13.1 Å². The average molecular weight is 313 g/mol. The summed E-state index contributed by atoms with van der Waals surface area (Å²) in [5.74, 6) is -1.26. The fourth-order valence-electron chi connectivity index (χ4n) is 2.69. The van der Waals surface area contributed by atoms with Crippen molar-refractivity contribution in [2.75, 3.05) is 4.90 Å². The van der Waals surface area contributed by atoms with Gasteiger partial charge in [-0.25, -0.2) is 9.59 Å². The van der Waals surface area contributed by atoms with Crippen LogP contribution in [0.5, 0.6) is 0 Å². The molecule has 0 aliphatic carbocycles. The number of rotatable bonds is 2. The standard InChI is InChI=1S/C16H11NO4S/c18-15(19)11-5-13-12(21-16(11)20)6-14(22-13)17-7-9-3-1-2-4-10(9)8-17/h1-6H,7-8H2,(H,18,19). The van der Waals surface area contributed by atoms with Crippen molar-refractivity contribution in [1.29, 1.82) is 0 Å². The van der Waals surface area contributed by atoms with Gasteiger partial charge in [-0.15, -0.1) is 11.3 Å². The minimum atomic E-state index is -1.26. The highest BCUT2D eigenvalue weighted by molar-refractivity contribution is 7.22. The first-order valence-electron chi connectivity index (χ1n) is 6.74. The summed E-state index contributed by atoms with van der Waals surface area (Å²) in [6, 6.07) is 11.4. The van der Waals surface area contributed by atoms with Crippen LogP contribution in [0.4, 0.5) is 5.00 Å². The third-order valence-electron chi connectivity index (χ3n) is 3.79. The van der Waals surface area contributed by atoms with E-state index in [4.69, 9.17) is 9.52 Å². The number of anilines is 1. The predicted octanol–water partition coefficient (Wildman–Crippen LogP) is 3.07. The lowest BCUT2D eigenvalue weighted by atomic mass is 10.1. The molecular weight excluding hydrogens is 302 g/mol. The smallest absolute Gasteiger partial charge is 0.351 e. The largest absolute Gasteiger partial charge is 0.477 e. The lowest BCUT2D eigenvalue weighted by Crippen LogP contribution is -2.12. The maximum atomic E-state index is 11.6. The Morgan fingerprint density at radius 1 is 1.18 bits per heavy atom. The topological polar surface area (TPSA) is 70.8 Å². The summed E-state index contributed by atoms with van der Waals surface area (Å²) in [6.45, 7) is 1.61. The number of hydrogen-bond donors (Lipinski definition) is 1. The second kappa shape index (κ2) is 4.71. The van der Waals surface area contributed by atoms with Crippen molar-refractivity contribution in [3.8, 4) is 0 Å².